The fourth-order valence-corrected chi connectivity index (χ4v) is 2.36. The standard InChI is InChI=1S/C15H21N3O2/c1-11(16)12-2-4-13(5-3-12)14(20)18-8-6-15(17,10-19)7-9-18/h2-5,16,19H,6-10,17H2,1H3. The van der Waals surface area contributed by atoms with E-state index in [9.17, 15) is 9.90 Å². The van der Waals surface area contributed by atoms with E-state index >= 15 is 0 Å². The second kappa shape index (κ2) is 5.73. The number of nitrogens with zero attached hydrogens (tertiary/aromatic N) is 1. The molecule has 0 bridgehead atoms. The number of carbonyl (C=O) groups excluding carboxylic acids is 1. The van der Waals surface area contributed by atoms with Crippen LogP contribution in [0.3, 0.4) is 0 Å². The third-order valence-corrected chi connectivity index (χ3v) is 3.93. The lowest BCUT2D eigenvalue weighted by Crippen LogP contribution is -2.53. The largest absolute Gasteiger partial charge is 0.394 e. The Morgan fingerprint density at radius 3 is 2.25 bits per heavy atom. The Labute approximate surface area is 118 Å². The second-order valence-corrected chi connectivity index (χ2v) is 5.52. The van der Waals surface area contributed by atoms with Gasteiger partial charge in [-0.3, -0.25) is 4.79 Å². The molecule has 0 radical (unpaired) electrons. The predicted molar refractivity (Wildman–Crippen MR) is 78.1 cm³/mol. The Morgan fingerprint density at radius 2 is 1.80 bits per heavy atom. The quantitative estimate of drug-likeness (QED) is 0.719. The van der Waals surface area contributed by atoms with Crippen LogP contribution in [0.1, 0.15) is 35.7 Å². The Hall–Kier alpha value is -1.72. The average Bonchev–Trinajstić information content (AvgIpc) is 2.47. The number of nitrogens with two attached hydrogens (primary N) is 1. The van der Waals surface area contributed by atoms with Crippen LogP contribution >= 0.6 is 0 Å². The van der Waals surface area contributed by atoms with Gasteiger partial charge in [0, 0.05) is 29.9 Å². The van der Waals surface area contributed by atoms with Crippen LogP contribution in [0.15, 0.2) is 24.3 Å². The van der Waals surface area contributed by atoms with Crippen molar-refractivity contribution in [2.24, 2.45) is 5.73 Å². The molecule has 5 heteroatoms. The first-order valence-electron chi connectivity index (χ1n) is 6.80. The molecule has 5 nitrogen and oxygen atoms in total. The van der Waals surface area contributed by atoms with Gasteiger partial charge in [0.15, 0.2) is 0 Å². The molecule has 108 valence electrons. The highest BCUT2D eigenvalue weighted by atomic mass is 16.3. The number of aliphatic hydroxyl groups is 1. The Morgan fingerprint density at radius 1 is 1.30 bits per heavy atom. The number of nitrogens with one attached hydrogen (secondary N) is 1. The first-order valence-corrected chi connectivity index (χ1v) is 6.80. The Balaban J connectivity index is 2.03. The molecule has 1 aliphatic heterocycles. The minimum absolute atomic E-state index is 0.0147. The van der Waals surface area contributed by atoms with Gasteiger partial charge in [0.25, 0.3) is 5.91 Å². The summed E-state index contributed by atoms with van der Waals surface area (Å²) in [6.07, 6.45) is 1.24. The lowest BCUT2D eigenvalue weighted by atomic mass is 9.89. The maximum absolute atomic E-state index is 12.3. The van der Waals surface area contributed by atoms with E-state index in [1.54, 1.807) is 36.1 Å². The summed E-state index contributed by atoms with van der Waals surface area (Å²) in [6.45, 7) is 2.82. The normalized spacial score (nSPS) is 17.9. The molecular formula is C15H21N3O2. The average molecular weight is 275 g/mol. The van der Waals surface area contributed by atoms with Gasteiger partial charge < -0.3 is 21.1 Å². The molecule has 0 unspecified atom stereocenters. The van der Waals surface area contributed by atoms with E-state index in [2.05, 4.69) is 0 Å². The van der Waals surface area contributed by atoms with Gasteiger partial charge in [0.05, 0.1) is 6.61 Å². The molecule has 0 saturated carbocycles. The van der Waals surface area contributed by atoms with Gasteiger partial charge in [-0.1, -0.05) is 12.1 Å². The fourth-order valence-electron chi connectivity index (χ4n) is 2.36. The molecule has 1 aromatic rings. The number of hydrogen-bond acceptors (Lipinski definition) is 4. The maximum atomic E-state index is 12.3. The molecule has 0 atom stereocenters. The lowest BCUT2D eigenvalue weighted by molar-refractivity contribution is 0.0607. The van der Waals surface area contributed by atoms with Crippen molar-refractivity contribution in [3.05, 3.63) is 35.4 Å². The molecule has 0 spiro atoms. The number of hydrogen-bond donors (Lipinski definition) is 3. The highest BCUT2D eigenvalue weighted by Crippen LogP contribution is 2.20. The van der Waals surface area contributed by atoms with Crippen molar-refractivity contribution in [1.29, 1.82) is 5.41 Å². The van der Waals surface area contributed by atoms with E-state index in [0.29, 0.717) is 37.2 Å². The van der Waals surface area contributed by atoms with Crippen molar-refractivity contribution in [2.75, 3.05) is 19.7 Å². The topological polar surface area (TPSA) is 90.4 Å². The summed E-state index contributed by atoms with van der Waals surface area (Å²) in [5.74, 6) is -0.0147. The van der Waals surface area contributed by atoms with Crippen LogP contribution in [0.2, 0.25) is 0 Å². The SMILES string of the molecule is CC(=N)c1ccc(C(=O)N2CCC(N)(CO)CC2)cc1. The summed E-state index contributed by atoms with van der Waals surface area (Å²) in [6, 6.07) is 7.10. The molecule has 20 heavy (non-hydrogen) atoms. The van der Waals surface area contributed by atoms with Crippen LogP contribution in [0.25, 0.3) is 0 Å². The highest BCUT2D eigenvalue weighted by molar-refractivity contribution is 5.98. The number of likely N-dealkylation sites (tertiary alicyclic amines) is 1. The van der Waals surface area contributed by atoms with Gasteiger partial charge in [0.2, 0.25) is 0 Å². The fraction of sp³-hybridized carbons (Fsp3) is 0.467. The van der Waals surface area contributed by atoms with Crippen molar-refractivity contribution < 1.29 is 9.90 Å². The summed E-state index contributed by atoms with van der Waals surface area (Å²) < 4.78 is 0. The number of rotatable bonds is 3. The van der Waals surface area contributed by atoms with Crippen molar-refractivity contribution in [1.82, 2.24) is 4.90 Å². The van der Waals surface area contributed by atoms with Gasteiger partial charge in [-0.2, -0.15) is 0 Å². The van der Waals surface area contributed by atoms with Crippen molar-refractivity contribution in [3.8, 4) is 0 Å². The molecule has 4 N–H and O–H groups in total. The maximum Gasteiger partial charge on any atom is 0.253 e. The van der Waals surface area contributed by atoms with Crippen LogP contribution in [0, 0.1) is 5.41 Å². The zero-order valence-corrected chi connectivity index (χ0v) is 11.7. The summed E-state index contributed by atoms with van der Waals surface area (Å²) in [4.78, 5) is 14.1. The van der Waals surface area contributed by atoms with Crippen molar-refractivity contribution in [3.63, 3.8) is 0 Å². The summed E-state index contributed by atoms with van der Waals surface area (Å²) in [5.41, 5.74) is 7.39. The minimum Gasteiger partial charge on any atom is -0.394 e. The summed E-state index contributed by atoms with van der Waals surface area (Å²) in [5, 5.41) is 16.8. The van der Waals surface area contributed by atoms with E-state index in [4.69, 9.17) is 11.1 Å². The van der Waals surface area contributed by atoms with Crippen LogP contribution in [0.5, 0.6) is 0 Å². The molecule has 2 rings (SSSR count). The number of benzene rings is 1. The third-order valence-electron chi connectivity index (χ3n) is 3.93. The van der Waals surface area contributed by atoms with Gasteiger partial charge in [-0.15, -0.1) is 0 Å². The van der Waals surface area contributed by atoms with Crippen LogP contribution in [-0.4, -0.2) is 46.9 Å². The van der Waals surface area contributed by atoms with Gasteiger partial charge >= 0.3 is 0 Å². The summed E-state index contributed by atoms with van der Waals surface area (Å²) in [7, 11) is 0. The summed E-state index contributed by atoms with van der Waals surface area (Å²) >= 11 is 0. The Kier molecular flexibility index (Phi) is 4.20. The van der Waals surface area contributed by atoms with Gasteiger partial charge in [-0.05, 0) is 37.5 Å². The van der Waals surface area contributed by atoms with E-state index in [0.717, 1.165) is 5.56 Å². The first-order chi connectivity index (χ1) is 9.45. The monoisotopic (exact) mass is 275 g/mol. The minimum atomic E-state index is -0.544. The highest BCUT2D eigenvalue weighted by Gasteiger charge is 2.32. The number of piperidine rings is 1. The molecule has 0 aromatic heterocycles. The number of carbonyl (C=O) groups is 1. The Bertz CT molecular complexity index is 502. The molecule has 0 aliphatic carbocycles. The molecule has 1 heterocycles. The number of amides is 1. The number of aliphatic hydroxyl groups excluding tert-OH is 1. The zero-order chi connectivity index (χ0) is 14.8. The predicted octanol–water partition coefficient (Wildman–Crippen LogP) is 1.00. The molecule has 1 aromatic carbocycles. The smallest absolute Gasteiger partial charge is 0.253 e. The zero-order valence-electron chi connectivity index (χ0n) is 11.7. The van der Waals surface area contributed by atoms with Crippen molar-refractivity contribution >= 4 is 11.6 Å². The lowest BCUT2D eigenvalue weighted by Gasteiger charge is -2.38. The molecule has 1 saturated heterocycles. The van der Waals surface area contributed by atoms with E-state index < -0.39 is 5.54 Å². The van der Waals surface area contributed by atoms with E-state index in [1.807, 2.05) is 0 Å². The van der Waals surface area contributed by atoms with Crippen LogP contribution < -0.4 is 5.73 Å². The van der Waals surface area contributed by atoms with Gasteiger partial charge in [-0.25, -0.2) is 0 Å². The van der Waals surface area contributed by atoms with E-state index in [-0.39, 0.29) is 12.5 Å². The third kappa shape index (κ3) is 3.05. The molecular weight excluding hydrogens is 254 g/mol. The van der Waals surface area contributed by atoms with Crippen molar-refractivity contribution in [2.45, 2.75) is 25.3 Å². The van der Waals surface area contributed by atoms with Crippen LogP contribution in [0.4, 0.5) is 0 Å². The van der Waals surface area contributed by atoms with E-state index in [1.165, 1.54) is 0 Å². The second-order valence-electron chi connectivity index (χ2n) is 5.52. The van der Waals surface area contributed by atoms with Gasteiger partial charge in [0.1, 0.15) is 0 Å². The first kappa shape index (κ1) is 14.7. The molecule has 1 aliphatic rings. The molecule has 1 fully saturated rings. The van der Waals surface area contributed by atoms with Crippen LogP contribution in [-0.2, 0) is 0 Å². The molecule has 1 amide bonds.